The smallest absolute Gasteiger partial charge is 0.0701 e. The molecule has 86 valence electrons. The molecular weight excluding hydrogens is 270 g/mol. The second-order valence-corrected chi connectivity index (χ2v) is 6.44. The van der Waals surface area contributed by atoms with Crippen LogP contribution in [0.25, 0.3) is 0 Å². The molecule has 0 amide bonds. The van der Waals surface area contributed by atoms with Crippen LogP contribution in [0.15, 0.2) is 15.9 Å². The van der Waals surface area contributed by atoms with Gasteiger partial charge in [-0.15, -0.1) is 11.3 Å². The summed E-state index contributed by atoms with van der Waals surface area (Å²) < 4.78 is 1.24. The summed E-state index contributed by atoms with van der Waals surface area (Å²) in [5.74, 6) is 0.780. The van der Waals surface area contributed by atoms with Crippen molar-refractivity contribution >= 4 is 27.3 Å². The van der Waals surface area contributed by atoms with E-state index >= 15 is 0 Å². The molecule has 0 aliphatic heterocycles. The molecule has 1 aromatic rings. The van der Waals surface area contributed by atoms with E-state index in [9.17, 15) is 0 Å². The maximum absolute atomic E-state index is 3.51. The van der Waals surface area contributed by atoms with Crippen LogP contribution in [-0.4, -0.2) is 13.1 Å². The molecule has 1 N–H and O–H groups in total. The zero-order valence-corrected chi connectivity index (χ0v) is 12.0. The number of nitrogens with one attached hydrogen (secondary N) is 1. The Hall–Kier alpha value is 0.140. The van der Waals surface area contributed by atoms with Crippen LogP contribution in [0, 0.1) is 5.92 Å². The molecule has 1 nitrogen and oxygen atoms in total. The van der Waals surface area contributed by atoms with E-state index in [4.69, 9.17) is 0 Å². The molecule has 0 aromatic carbocycles. The van der Waals surface area contributed by atoms with Crippen LogP contribution in [0.4, 0.5) is 0 Å². The van der Waals surface area contributed by atoms with Gasteiger partial charge in [-0.1, -0.05) is 20.3 Å². The van der Waals surface area contributed by atoms with Gasteiger partial charge in [0.25, 0.3) is 0 Å². The summed E-state index contributed by atoms with van der Waals surface area (Å²) in [6, 6.07) is 4.38. The number of halogens is 1. The molecule has 0 saturated carbocycles. The summed E-state index contributed by atoms with van der Waals surface area (Å²) >= 11 is 5.37. The van der Waals surface area contributed by atoms with Gasteiger partial charge in [-0.2, -0.15) is 0 Å². The van der Waals surface area contributed by atoms with Crippen molar-refractivity contribution < 1.29 is 0 Å². The lowest BCUT2D eigenvalue weighted by atomic mass is 10.0. The standard InChI is InChI=1S/C12H20BrNS/c1-3-7-14-9-10(4-2)8-11-5-6-12(13)15-11/h5-6,10,14H,3-4,7-9H2,1-2H3. The van der Waals surface area contributed by atoms with Crippen LogP contribution in [0.1, 0.15) is 31.6 Å². The van der Waals surface area contributed by atoms with Crippen molar-refractivity contribution in [2.24, 2.45) is 5.92 Å². The highest BCUT2D eigenvalue weighted by molar-refractivity contribution is 9.11. The summed E-state index contributed by atoms with van der Waals surface area (Å²) in [5.41, 5.74) is 0. The van der Waals surface area contributed by atoms with Crippen LogP contribution in [-0.2, 0) is 6.42 Å². The molecule has 0 saturated heterocycles. The molecule has 1 aromatic heterocycles. The van der Waals surface area contributed by atoms with Gasteiger partial charge < -0.3 is 5.32 Å². The fourth-order valence-corrected chi connectivity index (χ4v) is 3.19. The van der Waals surface area contributed by atoms with E-state index in [1.165, 1.54) is 27.9 Å². The number of hydrogen-bond acceptors (Lipinski definition) is 2. The van der Waals surface area contributed by atoms with Crippen molar-refractivity contribution in [1.82, 2.24) is 5.32 Å². The van der Waals surface area contributed by atoms with Crippen LogP contribution >= 0.6 is 27.3 Å². The predicted octanol–water partition coefficient (Wildman–Crippen LogP) is 4.08. The quantitative estimate of drug-likeness (QED) is 0.746. The summed E-state index contributed by atoms with van der Waals surface area (Å²) in [5, 5.41) is 3.51. The zero-order valence-electron chi connectivity index (χ0n) is 9.55. The van der Waals surface area contributed by atoms with Crippen molar-refractivity contribution in [3.8, 4) is 0 Å². The molecule has 0 aliphatic rings. The molecule has 0 aliphatic carbocycles. The maximum atomic E-state index is 3.51. The molecule has 1 rings (SSSR count). The molecule has 1 atom stereocenters. The molecule has 1 heterocycles. The van der Waals surface area contributed by atoms with Gasteiger partial charge in [0.1, 0.15) is 0 Å². The first kappa shape index (κ1) is 13.2. The van der Waals surface area contributed by atoms with Crippen molar-refractivity contribution in [2.75, 3.05) is 13.1 Å². The first-order valence-corrected chi connectivity index (χ1v) is 7.32. The third-order valence-electron chi connectivity index (χ3n) is 2.56. The van der Waals surface area contributed by atoms with E-state index < -0.39 is 0 Å². The Morgan fingerprint density at radius 3 is 2.73 bits per heavy atom. The monoisotopic (exact) mass is 289 g/mol. The van der Waals surface area contributed by atoms with Gasteiger partial charge in [0.05, 0.1) is 3.79 Å². The van der Waals surface area contributed by atoms with Crippen LogP contribution in [0.5, 0.6) is 0 Å². The lowest BCUT2D eigenvalue weighted by Crippen LogP contribution is -2.24. The number of hydrogen-bond donors (Lipinski definition) is 1. The van der Waals surface area contributed by atoms with Crippen LogP contribution in [0.3, 0.4) is 0 Å². The minimum atomic E-state index is 0.780. The first-order chi connectivity index (χ1) is 7.26. The molecule has 0 bridgehead atoms. The zero-order chi connectivity index (χ0) is 11.1. The van der Waals surface area contributed by atoms with Gasteiger partial charge in [0, 0.05) is 4.88 Å². The van der Waals surface area contributed by atoms with Crippen LogP contribution in [0.2, 0.25) is 0 Å². The third kappa shape index (κ3) is 5.14. The van der Waals surface area contributed by atoms with E-state index in [-0.39, 0.29) is 0 Å². The highest BCUT2D eigenvalue weighted by Gasteiger charge is 2.08. The van der Waals surface area contributed by atoms with Gasteiger partial charge >= 0.3 is 0 Å². The van der Waals surface area contributed by atoms with Crippen molar-refractivity contribution in [3.05, 3.63) is 20.8 Å². The molecule has 0 fully saturated rings. The summed E-state index contributed by atoms with van der Waals surface area (Å²) in [7, 11) is 0. The summed E-state index contributed by atoms with van der Waals surface area (Å²) in [6.07, 6.45) is 3.69. The van der Waals surface area contributed by atoms with Gasteiger partial charge in [-0.3, -0.25) is 0 Å². The molecule has 15 heavy (non-hydrogen) atoms. The largest absolute Gasteiger partial charge is 0.316 e. The Bertz CT molecular complexity index is 272. The van der Waals surface area contributed by atoms with E-state index in [0.717, 1.165) is 19.0 Å². The lowest BCUT2D eigenvalue weighted by Gasteiger charge is -2.14. The van der Waals surface area contributed by atoms with Gasteiger partial charge in [0.15, 0.2) is 0 Å². The fraction of sp³-hybridized carbons (Fsp3) is 0.667. The Morgan fingerprint density at radius 2 is 2.20 bits per heavy atom. The van der Waals surface area contributed by atoms with Gasteiger partial charge in [0.2, 0.25) is 0 Å². The fourth-order valence-electron chi connectivity index (χ4n) is 1.59. The Morgan fingerprint density at radius 1 is 1.40 bits per heavy atom. The molecular formula is C12H20BrNS. The first-order valence-electron chi connectivity index (χ1n) is 5.71. The minimum Gasteiger partial charge on any atom is -0.316 e. The van der Waals surface area contributed by atoms with E-state index in [1.807, 2.05) is 11.3 Å². The Labute approximate surface area is 105 Å². The van der Waals surface area contributed by atoms with E-state index in [1.54, 1.807) is 0 Å². The SMILES string of the molecule is CCCNCC(CC)Cc1ccc(Br)s1. The minimum absolute atomic E-state index is 0.780. The second kappa shape index (κ2) is 7.42. The average Bonchev–Trinajstić information content (AvgIpc) is 2.63. The van der Waals surface area contributed by atoms with Crippen molar-refractivity contribution in [1.29, 1.82) is 0 Å². The van der Waals surface area contributed by atoms with Crippen molar-refractivity contribution in [2.45, 2.75) is 33.1 Å². The lowest BCUT2D eigenvalue weighted by molar-refractivity contribution is 0.463. The molecule has 0 radical (unpaired) electrons. The van der Waals surface area contributed by atoms with Gasteiger partial charge in [-0.05, 0) is 59.9 Å². The normalized spacial score (nSPS) is 13.0. The molecule has 0 spiro atoms. The molecule has 1 unspecified atom stereocenters. The van der Waals surface area contributed by atoms with Crippen LogP contribution < -0.4 is 5.32 Å². The highest BCUT2D eigenvalue weighted by atomic mass is 79.9. The number of rotatable bonds is 7. The Balaban J connectivity index is 2.33. The molecule has 3 heteroatoms. The third-order valence-corrected chi connectivity index (χ3v) is 4.20. The number of thiophene rings is 1. The summed E-state index contributed by atoms with van der Waals surface area (Å²) in [6.45, 7) is 6.79. The summed E-state index contributed by atoms with van der Waals surface area (Å²) in [4.78, 5) is 1.49. The Kier molecular flexibility index (Phi) is 6.53. The van der Waals surface area contributed by atoms with E-state index in [2.05, 4.69) is 47.2 Å². The maximum Gasteiger partial charge on any atom is 0.0701 e. The average molecular weight is 290 g/mol. The highest BCUT2D eigenvalue weighted by Crippen LogP contribution is 2.24. The predicted molar refractivity (Wildman–Crippen MR) is 72.7 cm³/mol. The van der Waals surface area contributed by atoms with Gasteiger partial charge in [-0.25, -0.2) is 0 Å². The topological polar surface area (TPSA) is 12.0 Å². The van der Waals surface area contributed by atoms with E-state index in [0.29, 0.717) is 0 Å². The second-order valence-electron chi connectivity index (χ2n) is 3.89. The van der Waals surface area contributed by atoms with Crippen molar-refractivity contribution in [3.63, 3.8) is 0 Å².